The molecular formula is C22H18F5N3O2. The average Bonchev–Trinajstić information content (AvgIpc) is 3.11. The summed E-state index contributed by atoms with van der Waals surface area (Å²) in [7, 11) is 0. The number of halogens is 5. The third-order valence-corrected chi connectivity index (χ3v) is 6.09. The van der Waals surface area contributed by atoms with Crippen molar-refractivity contribution in [3.8, 4) is 11.3 Å². The number of carbonyl (C=O) groups is 1. The molecule has 0 unspecified atom stereocenters. The van der Waals surface area contributed by atoms with Gasteiger partial charge in [-0.25, -0.2) is 8.78 Å². The number of pyridine rings is 1. The number of carbonyl (C=O) groups excluding carboxylic acids is 1. The van der Waals surface area contributed by atoms with E-state index >= 15 is 0 Å². The van der Waals surface area contributed by atoms with Crippen molar-refractivity contribution in [2.75, 3.05) is 13.1 Å². The van der Waals surface area contributed by atoms with Gasteiger partial charge in [0.15, 0.2) is 0 Å². The molecule has 5 rings (SSSR count). The predicted octanol–water partition coefficient (Wildman–Crippen LogP) is 4.84. The highest BCUT2D eigenvalue weighted by Gasteiger charge is 2.62. The van der Waals surface area contributed by atoms with Crippen LogP contribution in [-0.2, 0) is 12.7 Å². The van der Waals surface area contributed by atoms with E-state index in [-0.39, 0.29) is 71.9 Å². The molecule has 3 aromatic rings. The zero-order chi connectivity index (χ0) is 22.9. The second kappa shape index (κ2) is 6.74. The van der Waals surface area contributed by atoms with Crippen molar-refractivity contribution < 1.29 is 31.2 Å². The van der Waals surface area contributed by atoms with Gasteiger partial charge in [-0.15, -0.1) is 0 Å². The van der Waals surface area contributed by atoms with E-state index in [2.05, 4.69) is 4.98 Å². The Labute approximate surface area is 179 Å². The molecule has 0 radical (unpaired) electrons. The largest absolute Gasteiger partial charge is 0.459 e. The van der Waals surface area contributed by atoms with Gasteiger partial charge in [0.05, 0.1) is 23.4 Å². The minimum atomic E-state index is -4.64. The molecule has 2 N–H and O–H groups in total. The van der Waals surface area contributed by atoms with Crippen LogP contribution in [0.1, 0.15) is 34.5 Å². The number of fused-ring (bicyclic) bond motifs is 1. The zero-order valence-electron chi connectivity index (χ0n) is 16.7. The van der Waals surface area contributed by atoms with Crippen LogP contribution in [0.25, 0.3) is 22.2 Å². The SMILES string of the molecule is NCc1cc2cc(-c3ccc(C(=O)N4CC5(C4)CC(F)(F)C5)cn3)cc(C(F)(F)F)c2o1. The van der Waals surface area contributed by atoms with Gasteiger partial charge >= 0.3 is 6.18 Å². The van der Waals surface area contributed by atoms with E-state index in [1.165, 1.54) is 35.4 Å². The number of aromatic nitrogens is 1. The lowest BCUT2D eigenvalue weighted by molar-refractivity contribution is -0.203. The summed E-state index contributed by atoms with van der Waals surface area (Å²) in [6.45, 7) is 0.517. The highest BCUT2D eigenvalue weighted by molar-refractivity contribution is 5.95. The number of hydrogen-bond donors (Lipinski definition) is 1. The smallest absolute Gasteiger partial charge is 0.420 e. The van der Waals surface area contributed by atoms with Crippen LogP contribution in [0.5, 0.6) is 0 Å². The zero-order valence-corrected chi connectivity index (χ0v) is 16.7. The van der Waals surface area contributed by atoms with Crippen LogP contribution >= 0.6 is 0 Å². The molecular weight excluding hydrogens is 433 g/mol. The first-order valence-electron chi connectivity index (χ1n) is 9.96. The van der Waals surface area contributed by atoms with Gasteiger partial charge in [-0.3, -0.25) is 9.78 Å². The molecule has 0 bridgehead atoms. The number of amides is 1. The molecule has 1 aliphatic heterocycles. The Hall–Kier alpha value is -3.01. The molecule has 1 amide bonds. The molecule has 10 heteroatoms. The number of alkyl halides is 5. The number of furan rings is 1. The van der Waals surface area contributed by atoms with E-state index in [4.69, 9.17) is 10.2 Å². The van der Waals surface area contributed by atoms with Crippen LogP contribution < -0.4 is 5.73 Å². The number of benzene rings is 1. The summed E-state index contributed by atoms with van der Waals surface area (Å²) >= 11 is 0. The first kappa shape index (κ1) is 20.9. The first-order chi connectivity index (χ1) is 15.0. The molecule has 1 saturated heterocycles. The maximum atomic E-state index is 13.6. The van der Waals surface area contributed by atoms with E-state index in [9.17, 15) is 26.7 Å². The standard InChI is InChI=1S/C22H18F5N3O2/c23-21(24)8-20(9-21)10-30(11-20)19(31)12-1-2-17(29-7-12)13-3-14-4-15(6-28)32-18(14)16(5-13)22(25,26)27/h1-5,7H,6,8-11,28H2. The summed E-state index contributed by atoms with van der Waals surface area (Å²) < 4.78 is 72.2. The minimum absolute atomic E-state index is 0.0359. The Morgan fingerprint density at radius 1 is 1.16 bits per heavy atom. The Morgan fingerprint density at radius 3 is 2.44 bits per heavy atom. The van der Waals surface area contributed by atoms with Gasteiger partial charge in [-0.2, -0.15) is 13.2 Å². The molecule has 2 aromatic heterocycles. The van der Waals surface area contributed by atoms with Gasteiger partial charge in [0.1, 0.15) is 11.3 Å². The van der Waals surface area contributed by atoms with E-state index in [1.54, 1.807) is 0 Å². The van der Waals surface area contributed by atoms with Crippen molar-refractivity contribution in [2.45, 2.75) is 31.5 Å². The minimum Gasteiger partial charge on any atom is -0.459 e. The van der Waals surface area contributed by atoms with Crippen LogP contribution in [0.3, 0.4) is 0 Å². The lowest BCUT2D eigenvalue weighted by Crippen LogP contribution is -2.66. The van der Waals surface area contributed by atoms with Gasteiger partial charge in [0, 0.05) is 48.5 Å². The molecule has 1 aromatic carbocycles. The van der Waals surface area contributed by atoms with Crippen molar-refractivity contribution in [2.24, 2.45) is 11.1 Å². The lowest BCUT2D eigenvalue weighted by atomic mass is 9.61. The fourth-order valence-corrected chi connectivity index (χ4v) is 4.72. The van der Waals surface area contributed by atoms with Gasteiger partial charge in [-0.1, -0.05) is 0 Å². The van der Waals surface area contributed by atoms with Crippen LogP contribution in [0, 0.1) is 5.41 Å². The Kier molecular flexibility index (Phi) is 4.40. The monoisotopic (exact) mass is 451 g/mol. The summed E-state index contributed by atoms with van der Waals surface area (Å²) in [6, 6.07) is 6.86. The van der Waals surface area contributed by atoms with Gasteiger partial charge in [-0.05, 0) is 30.3 Å². The quantitative estimate of drug-likeness (QED) is 0.579. The second-order valence-electron chi connectivity index (χ2n) is 8.66. The van der Waals surface area contributed by atoms with Crippen molar-refractivity contribution in [1.29, 1.82) is 0 Å². The number of likely N-dealkylation sites (tertiary alicyclic amines) is 1. The molecule has 2 fully saturated rings. The molecule has 0 atom stereocenters. The molecule has 1 spiro atoms. The summed E-state index contributed by atoms with van der Waals surface area (Å²) in [4.78, 5) is 18.2. The van der Waals surface area contributed by atoms with Crippen molar-refractivity contribution in [3.63, 3.8) is 0 Å². The molecule has 5 nitrogen and oxygen atoms in total. The Bertz CT molecular complexity index is 1200. The topological polar surface area (TPSA) is 72.4 Å². The normalized spacial score (nSPS) is 19.1. The molecule has 3 heterocycles. The fraction of sp³-hybridized carbons (Fsp3) is 0.364. The van der Waals surface area contributed by atoms with Gasteiger partial charge in [0.25, 0.3) is 5.91 Å². The van der Waals surface area contributed by atoms with Crippen molar-refractivity contribution in [3.05, 3.63) is 53.4 Å². The van der Waals surface area contributed by atoms with E-state index in [0.29, 0.717) is 0 Å². The first-order valence-corrected chi connectivity index (χ1v) is 9.96. The second-order valence-corrected chi connectivity index (χ2v) is 8.66. The Morgan fingerprint density at radius 2 is 1.88 bits per heavy atom. The lowest BCUT2D eigenvalue weighted by Gasteiger charge is -2.58. The number of rotatable bonds is 3. The fourth-order valence-electron chi connectivity index (χ4n) is 4.72. The predicted molar refractivity (Wildman–Crippen MR) is 105 cm³/mol. The molecule has 168 valence electrons. The highest BCUT2D eigenvalue weighted by Crippen LogP contribution is 2.56. The van der Waals surface area contributed by atoms with E-state index in [0.717, 1.165) is 6.07 Å². The highest BCUT2D eigenvalue weighted by atomic mass is 19.4. The maximum Gasteiger partial charge on any atom is 0.420 e. The van der Waals surface area contributed by atoms with Crippen LogP contribution in [0.2, 0.25) is 0 Å². The van der Waals surface area contributed by atoms with Gasteiger partial charge in [0.2, 0.25) is 5.92 Å². The number of hydrogen-bond acceptors (Lipinski definition) is 4. The van der Waals surface area contributed by atoms with Crippen molar-refractivity contribution in [1.82, 2.24) is 9.88 Å². The van der Waals surface area contributed by atoms with Crippen LogP contribution in [0.15, 0.2) is 40.9 Å². The summed E-state index contributed by atoms with van der Waals surface area (Å²) in [5.41, 5.74) is 4.50. The summed E-state index contributed by atoms with van der Waals surface area (Å²) in [5.74, 6) is -2.75. The Balaban J connectivity index is 1.39. The number of nitrogens with two attached hydrogens (primary N) is 1. The summed E-state index contributed by atoms with van der Waals surface area (Å²) in [6.07, 6.45) is -3.76. The molecule has 32 heavy (non-hydrogen) atoms. The molecule has 1 saturated carbocycles. The van der Waals surface area contributed by atoms with Crippen molar-refractivity contribution >= 4 is 16.9 Å². The average molecular weight is 451 g/mol. The van der Waals surface area contributed by atoms with E-state index in [1.807, 2.05) is 0 Å². The van der Waals surface area contributed by atoms with Crippen LogP contribution in [0.4, 0.5) is 22.0 Å². The maximum absolute atomic E-state index is 13.6. The van der Waals surface area contributed by atoms with Gasteiger partial charge < -0.3 is 15.1 Å². The third-order valence-electron chi connectivity index (χ3n) is 6.09. The third kappa shape index (κ3) is 3.42. The molecule has 2 aliphatic rings. The van der Waals surface area contributed by atoms with Crippen LogP contribution in [-0.4, -0.2) is 34.8 Å². The molecule has 1 aliphatic carbocycles. The number of nitrogens with zero attached hydrogens (tertiary/aromatic N) is 2. The summed E-state index contributed by atoms with van der Waals surface area (Å²) in [5, 5.41) is 0.250. The van der Waals surface area contributed by atoms with E-state index < -0.39 is 23.1 Å².